The minimum absolute atomic E-state index is 0.149. The molecular formula is C14H21N3O2. The number of nitro groups is 1. The van der Waals surface area contributed by atoms with Crippen molar-refractivity contribution in [2.24, 2.45) is 5.92 Å². The molecule has 1 fully saturated rings. The molecule has 1 aromatic carbocycles. The standard InChI is InChI=1S/C14H21N3O2/c1-10(2)14-5-4-6-16(14)12-7-11(15-3)8-13(9-12)17(18)19/h7-10,14-15H,4-6H2,1-3H3. The van der Waals surface area contributed by atoms with Crippen molar-refractivity contribution >= 4 is 17.1 Å². The Morgan fingerprint density at radius 3 is 2.74 bits per heavy atom. The molecule has 0 aromatic heterocycles. The molecule has 1 saturated heterocycles. The van der Waals surface area contributed by atoms with Gasteiger partial charge < -0.3 is 10.2 Å². The predicted octanol–water partition coefficient (Wildman–Crippen LogP) is 3.26. The van der Waals surface area contributed by atoms with Crippen LogP contribution < -0.4 is 10.2 Å². The van der Waals surface area contributed by atoms with Crippen molar-refractivity contribution < 1.29 is 4.92 Å². The summed E-state index contributed by atoms with van der Waals surface area (Å²) in [6.45, 7) is 5.39. The molecule has 1 N–H and O–H groups in total. The Bertz CT molecular complexity index is 474. The minimum atomic E-state index is -0.329. The van der Waals surface area contributed by atoms with Gasteiger partial charge in [0.25, 0.3) is 5.69 Å². The van der Waals surface area contributed by atoms with Crippen molar-refractivity contribution in [2.45, 2.75) is 32.7 Å². The van der Waals surface area contributed by atoms with Gasteiger partial charge in [-0.1, -0.05) is 13.8 Å². The van der Waals surface area contributed by atoms with Gasteiger partial charge in [0.2, 0.25) is 0 Å². The fourth-order valence-electron chi connectivity index (χ4n) is 2.82. The molecule has 1 aromatic rings. The Hall–Kier alpha value is -1.78. The van der Waals surface area contributed by atoms with Crippen LogP contribution in [0.3, 0.4) is 0 Å². The van der Waals surface area contributed by atoms with Crippen molar-refractivity contribution in [3.05, 3.63) is 28.3 Å². The van der Waals surface area contributed by atoms with E-state index in [1.165, 1.54) is 0 Å². The second-order valence-corrected chi connectivity index (χ2v) is 5.39. The van der Waals surface area contributed by atoms with Gasteiger partial charge in [0.15, 0.2) is 0 Å². The molecule has 0 bridgehead atoms. The molecule has 1 aliphatic rings. The highest BCUT2D eigenvalue weighted by Gasteiger charge is 2.28. The molecule has 19 heavy (non-hydrogen) atoms. The lowest BCUT2D eigenvalue weighted by Gasteiger charge is -2.29. The molecule has 0 spiro atoms. The van der Waals surface area contributed by atoms with Crippen molar-refractivity contribution in [3.8, 4) is 0 Å². The van der Waals surface area contributed by atoms with E-state index >= 15 is 0 Å². The molecular weight excluding hydrogens is 242 g/mol. The zero-order chi connectivity index (χ0) is 14.0. The quantitative estimate of drug-likeness (QED) is 0.669. The number of non-ortho nitro benzene ring substituents is 1. The molecule has 5 heteroatoms. The molecule has 1 atom stereocenters. The maximum Gasteiger partial charge on any atom is 0.273 e. The SMILES string of the molecule is CNc1cc(N2CCCC2C(C)C)cc([N+](=O)[O-])c1. The van der Waals surface area contributed by atoms with Gasteiger partial charge in [-0.2, -0.15) is 0 Å². The van der Waals surface area contributed by atoms with Crippen molar-refractivity contribution in [3.63, 3.8) is 0 Å². The lowest BCUT2D eigenvalue weighted by Crippen LogP contribution is -2.33. The molecule has 1 heterocycles. The second kappa shape index (κ2) is 5.47. The van der Waals surface area contributed by atoms with E-state index in [-0.39, 0.29) is 10.6 Å². The first kappa shape index (κ1) is 13.6. The monoisotopic (exact) mass is 263 g/mol. The van der Waals surface area contributed by atoms with Gasteiger partial charge in [0.05, 0.1) is 4.92 Å². The molecule has 0 radical (unpaired) electrons. The average molecular weight is 263 g/mol. The molecule has 1 aliphatic heterocycles. The Morgan fingerprint density at radius 2 is 2.16 bits per heavy atom. The van der Waals surface area contributed by atoms with E-state index < -0.39 is 0 Å². The van der Waals surface area contributed by atoms with Crippen LogP contribution in [0.5, 0.6) is 0 Å². The third kappa shape index (κ3) is 2.80. The maximum atomic E-state index is 11.0. The number of nitro benzene ring substituents is 1. The fourth-order valence-corrected chi connectivity index (χ4v) is 2.82. The number of nitrogens with one attached hydrogen (secondary N) is 1. The summed E-state index contributed by atoms with van der Waals surface area (Å²) in [4.78, 5) is 13.0. The lowest BCUT2D eigenvalue weighted by atomic mass is 10.0. The molecule has 2 rings (SSSR count). The number of rotatable bonds is 4. The zero-order valence-electron chi connectivity index (χ0n) is 11.7. The molecule has 5 nitrogen and oxygen atoms in total. The first-order valence-electron chi connectivity index (χ1n) is 6.77. The zero-order valence-corrected chi connectivity index (χ0v) is 11.7. The van der Waals surface area contributed by atoms with Crippen LogP contribution in [-0.4, -0.2) is 24.6 Å². The van der Waals surface area contributed by atoms with Crippen LogP contribution in [-0.2, 0) is 0 Å². The third-order valence-electron chi connectivity index (χ3n) is 3.80. The van der Waals surface area contributed by atoms with Gasteiger partial charge in [0, 0.05) is 43.1 Å². The highest BCUT2D eigenvalue weighted by molar-refractivity contribution is 5.65. The Morgan fingerprint density at radius 1 is 1.42 bits per heavy atom. The van der Waals surface area contributed by atoms with Crippen molar-refractivity contribution in [1.29, 1.82) is 0 Å². The van der Waals surface area contributed by atoms with Crippen LogP contribution in [0.4, 0.5) is 17.1 Å². The van der Waals surface area contributed by atoms with E-state index in [1.807, 2.05) is 6.07 Å². The Kier molecular flexibility index (Phi) is 3.93. The summed E-state index contributed by atoms with van der Waals surface area (Å²) in [7, 11) is 1.78. The Balaban J connectivity index is 2.38. The topological polar surface area (TPSA) is 58.4 Å². The maximum absolute atomic E-state index is 11.0. The smallest absolute Gasteiger partial charge is 0.273 e. The summed E-state index contributed by atoms with van der Waals surface area (Å²) in [6.07, 6.45) is 2.32. The van der Waals surface area contributed by atoms with Gasteiger partial charge in [-0.15, -0.1) is 0 Å². The predicted molar refractivity (Wildman–Crippen MR) is 77.8 cm³/mol. The highest BCUT2D eigenvalue weighted by Crippen LogP contribution is 2.33. The van der Waals surface area contributed by atoms with E-state index in [2.05, 4.69) is 24.1 Å². The van der Waals surface area contributed by atoms with Crippen LogP contribution >= 0.6 is 0 Å². The first-order valence-corrected chi connectivity index (χ1v) is 6.77. The highest BCUT2D eigenvalue weighted by atomic mass is 16.6. The van der Waals surface area contributed by atoms with E-state index in [9.17, 15) is 10.1 Å². The van der Waals surface area contributed by atoms with Gasteiger partial charge in [-0.25, -0.2) is 0 Å². The number of benzene rings is 1. The first-order chi connectivity index (χ1) is 9.02. The van der Waals surface area contributed by atoms with Gasteiger partial charge in [-0.3, -0.25) is 10.1 Å². The van der Waals surface area contributed by atoms with Crippen LogP contribution in [0.25, 0.3) is 0 Å². The number of anilines is 2. The van der Waals surface area contributed by atoms with Gasteiger partial charge in [0.1, 0.15) is 0 Å². The number of hydrogen-bond donors (Lipinski definition) is 1. The molecule has 1 unspecified atom stereocenters. The summed E-state index contributed by atoms with van der Waals surface area (Å²) < 4.78 is 0. The third-order valence-corrected chi connectivity index (χ3v) is 3.80. The summed E-state index contributed by atoms with van der Waals surface area (Å²) in [5, 5.41) is 14.0. The van der Waals surface area contributed by atoms with Crippen molar-refractivity contribution in [2.75, 3.05) is 23.8 Å². The van der Waals surface area contributed by atoms with Crippen LogP contribution in [0.2, 0.25) is 0 Å². The number of nitrogens with zero attached hydrogens (tertiary/aromatic N) is 2. The second-order valence-electron chi connectivity index (χ2n) is 5.39. The number of hydrogen-bond acceptors (Lipinski definition) is 4. The van der Waals surface area contributed by atoms with Crippen LogP contribution in [0.1, 0.15) is 26.7 Å². The Labute approximate surface area is 113 Å². The van der Waals surface area contributed by atoms with E-state index in [4.69, 9.17) is 0 Å². The fraction of sp³-hybridized carbons (Fsp3) is 0.571. The van der Waals surface area contributed by atoms with Crippen molar-refractivity contribution in [1.82, 2.24) is 0 Å². The normalized spacial score (nSPS) is 18.9. The van der Waals surface area contributed by atoms with E-state index in [0.717, 1.165) is 30.8 Å². The van der Waals surface area contributed by atoms with Gasteiger partial charge >= 0.3 is 0 Å². The molecule has 0 amide bonds. The van der Waals surface area contributed by atoms with Crippen LogP contribution in [0.15, 0.2) is 18.2 Å². The molecule has 0 saturated carbocycles. The summed E-state index contributed by atoms with van der Waals surface area (Å²) in [6, 6.07) is 5.73. The summed E-state index contributed by atoms with van der Waals surface area (Å²) in [5.74, 6) is 0.555. The minimum Gasteiger partial charge on any atom is -0.388 e. The summed E-state index contributed by atoms with van der Waals surface area (Å²) >= 11 is 0. The van der Waals surface area contributed by atoms with E-state index in [0.29, 0.717) is 12.0 Å². The largest absolute Gasteiger partial charge is 0.388 e. The summed E-state index contributed by atoms with van der Waals surface area (Å²) in [5.41, 5.74) is 1.89. The van der Waals surface area contributed by atoms with Crippen LogP contribution in [0, 0.1) is 16.0 Å². The van der Waals surface area contributed by atoms with E-state index in [1.54, 1.807) is 19.2 Å². The van der Waals surface area contributed by atoms with Gasteiger partial charge in [-0.05, 0) is 24.8 Å². The molecule has 104 valence electrons. The average Bonchev–Trinajstić information content (AvgIpc) is 2.87. The lowest BCUT2D eigenvalue weighted by molar-refractivity contribution is -0.384. The molecule has 0 aliphatic carbocycles.